The summed E-state index contributed by atoms with van der Waals surface area (Å²) in [6, 6.07) is 61.1. The molecular weight excluding hydrogens is 697 g/mol. The van der Waals surface area contributed by atoms with Crippen molar-refractivity contribution in [1.29, 1.82) is 0 Å². The van der Waals surface area contributed by atoms with Gasteiger partial charge in [0.15, 0.2) is 0 Å². The van der Waals surface area contributed by atoms with Crippen molar-refractivity contribution < 1.29 is 18.9 Å². The van der Waals surface area contributed by atoms with Crippen LogP contribution in [-0.4, -0.2) is 0 Å². The van der Waals surface area contributed by atoms with Crippen LogP contribution in [0.1, 0.15) is 0 Å². The average molecular weight is 737 g/mol. The number of anilines is 4. The lowest BCUT2D eigenvalue weighted by Crippen LogP contribution is -1.91. The molecule has 56 heavy (non-hydrogen) atoms. The highest BCUT2D eigenvalue weighted by molar-refractivity contribution is 5.79. The smallest absolute Gasteiger partial charge is 0.135 e. The van der Waals surface area contributed by atoms with Crippen LogP contribution in [0.3, 0.4) is 0 Å². The van der Waals surface area contributed by atoms with Crippen molar-refractivity contribution in [3.05, 3.63) is 194 Å². The summed E-state index contributed by atoms with van der Waals surface area (Å²) in [5.41, 5.74) is 29.9. The number of nitrogen functional groups attached to an aromatic ring is 4. The zero-order valence-electron chi connectivity index (χ0n) is 30.4. The van der Waals surface area contributed by atoms with Crippen molar-refractivity contribution >= 4 is 22.7 Å². The normalized spacial score (nSPS) is 10.4. The molecule has 0 radical (unpaired) electrons. The highest BCUT2D eigenvalue weighted by Crippen LogP contribution is 2.38. The van der Waals surface area contributed by atoms with Gasteiger partial charge in [-0.1, -0.05) is 72.8 Å². The van der Waals surface area contributed by atoms with Gasteiger partial charge in [-0.2, -0.15) is 0 Å². The number of ether oxygens (including phenoxy) is 4. The molecule has 0 aromatic heterocycles. The first-order valence-corrected chi connectivity index (χ1v) is 17.9. The summed E-state index contributed by atoms with van der Waals surface area (Å²) in [4.78, 5) is 0. The van der Waals surface area contributed by atoms with Crippen LogP contribution < -0.4 is 41.9 Å². The Balaban J connectivity index is 0.000000189. The van der Waals surface area contributed by atoms with Crippen LogP contribution in [0.25, 0.3) is 22.3 Å². The third kappa shape index (κ3) is 9.77. The van der Waals surface area contributed by atoms with E-state index in [-0.39, 0.29) is 0 Å². The molecule has 8 N–H and O–H groups in total. The van der Waals surface area contributed by atoms with Gasteiger partial charge < -0.3 is 41.9 Å². The number of hydrogen-bond acceptors (Lipinski definition) is 8. The zero-order chi connectivity index (χ0) is 38.7. The van der Waals surface area contributed by atoms with Crippen LogP contribution >= 0.6 is 0 Å². The SMILES string of the molecule is Nc1ccc(Oc2ccccc2-c2cccc(-c3ccccc3Oc3ccc(N)cc3)c2)cc1.Nc1cccc(Oc2cccc(Oc3cccc(N)c3)c2)c1. The van der Waals surface area contributed by atoms with Crippen LogP contribution in [0.15, 0.2) is 194 Å². The monoisotopic (exact) mass is 736 g/mol. The molecule has 8 heteroatoms. The van der Waals surface area contributed by atoms with Gasteiger partial charge in [-0.05, 0) is 114 Å². The molecule has 0 amide bonds. The molecule has 0 bridgehead atoms. The topological polar surface area (TPSA) is 141 Å². The summed E-state index contributed by atoms with van der Waals surface area (Å²) < 4.78 is 23.9. The number of hydrogen-bond donors (Lipinski definition) is 4. The first kappa shape index (κ1) is 36.5. The fourth-order valence-electron chi connectivity index (χ4n) is 5.80. The maximum atomic E-state index is 6.19. The molecule has 0 saturated carbocycles. The van der Waals surface area contributed by atoms with Crippen LogP contribution in [0.4, 0.5) is 22.7 Å². The molecule has 8 aromatic carbocycles. The van der Waals surface area contributed by atoms with Crippen molar-refractivity contribution in [2.75, 3.05) is 22.9 Å². The van der Waals surface area contributed by atoms with Gasteiger partial charge in [0, 0.05) is 52.1 Å². The molecular formula is C48H40N4O4. The van der Waals surface area contributed by atoms with E-state index in [9.17, 15) is 0 Å². The summed E-state index contributed by atoms with van der Waals surface area (Å²) in [6.45, 7) is 0. The molecule has 0 fully saturated rings. The average Bonchev–Trinajstić information content (AvgIpc) is 3.21. The zero-order valence-corrected chi connectivity index (χ0v) is 30.4. The van der Waals surface area contributed by atoms with Gasteiger partial charge in [0.25, 0.3) is 0 Å². The van der Waals surface area contributed by atoms with E-state index in [2.05, 4.69) is 30.3 Å². The van der Waals surface area contributed by atoms with Gasteiger partial charge in [0.05, 0.1) is 0 Å². The number of nitrogens with two attached hydrogens (primary N) is 4. The minimum Gasteiger partial charge on any atom is -0.457 e. The molecule has 0 unspecified atom stereocenters. The van der Waals surface area contributed by atoms with Gasteiger partial charge in [-0.15, -0.1) is 0 Å². The summed E-state index contributed by atoms with van der Waals surface area (Å²) in [5.74, 6) is 5.73. The second kappa shape index (κ2) is 17.3. The predicted octanol–water partition coefficient (Wildman–Crippen LogP) is 12.2. The standard InChI is InChI=1S/C30H24N2O2.C18H16N2O2/c31-23-12-16-25(17-13-23)33-29-10-3-1-8-27(29)21-6-5-7-22(20-21)28-9-2-4-11-30(28)34-26-18-14-24(32)15-19-26;19-13-4-1-6-15(10-13)21-17-8-3-9-18(12-17)22-16-7-2-5-14(20)11-16/h1-20H,31-32H2;1-12H,19-20H2. The van der Waals surface area contributed by atoms with Crippen molar-refractivity contribution in [3.8, 4) is 68.2 Å². The maximum Gasteiger partial charge on any atom is 0.135 e. The first-order chi connectivity index (χ1) is 27.3. The maximum absolute atomic E-state index is 6.19. The number of benzene rings is 8. The minimum atomic E-state index is 0.657. The van der Waals surface area contributed by atoms with Crippen molar-refractivity contribution in [3.63, 3.8) is 0 Å². The third-order valence-corrected chi connectivity index (χ3v) is 8.47. The van der Waals surface area contributed by atoms with Crippen molar-refractivity contribution in [1.82, 2.24) is 0 Å². The highest BCUT2D eigenvalue weighted by atomic mass is 16.5. The van der Waals surface area contributed by atoms with Crippen molar-refractivity contribution in [2.45, 2.75) is 0 Å². The highest BCUT2D eigenvalue weighted by Gasteiger charge is 2.12. The molecule has 276 valence electrons. The number of rotatable bonds is 10. The van der Waals surface area contributed by atoms with E-state index >= 15 is 0 Å². The Labute approximate surface area is 326 Å². The summed E-state index contributed by atoms with van der Waals surface area (Å²) in [6.07, 6.45) is 0. The second-order valence-electron chi connectivity index (χ2n) is 12.7. The summed E-state index contributed by atoms with van der Waals surface area (Å²) in [7, 11) is 0. The lowest BCUT2D eigenvalue weighted by molar-refractivity contribution is 0.460. The Kier molecular flexibility index (Phi) is 11.3. The van der Waals surface area contributed by atoms with Gasteiger partial charge in [-0.25, -0.2) is 0 Å². The summed E-state index contributed by atoms with van der Waals surface area (Å²) in [5, 5.41) is 0. The molecule has 0 atom stereocenters. The molecule has 0 heterocycles. The van der Waals surface area contributed by atoms with E-state index in [1.54, 1.807) is 12.1 Å². The Morgan fingerprint density at radius 1 is 0.250 bits per heavy atom. The molecule has 0 aliphatic heterocycles. The largest absolute Gasteiger partial charge is 0.457 e. The fraction of sp³-hybridized carbons (Fsp3) is 0. The lowest BCUT2D eigenvalue weighted by Gasteiger charge is -2.14. The first-order valence-electron chi connectivity index (χ1n) is 17.9. The van der Waals surface area contributed by atoms with E-state index < -0.39 is 0 Å². The summed E-state index contributed by atoms with van der Waals surface area (Å²) >= 11 is 0. The molecule has 0 aliphatic rings. The molecule has 8 nitrogen and oxygen atoms in total. The van der Waals surface area contributed by atoms with E-state index in [1.807, 2.05) is 152 Å². The molecule has 0 spiro atoms. The minimum absolute atomic E-state index is 0.657. The molecule has 8 rings (SSSR count). The van der Waals surface area contributed by atoms with Gasteiger partial charge in [-0.3, -0.25) is 0 Å². The Hall–Kier alpha value is -7.84. The van der Waals surface area contributed by atoms with E-state index in [0.717, 1.165) is 45.3 Å². The Morgan fingerprint density at radius 3 is 1.05 bits per heavy atom. The van der Waals surface area contributed by atoms with E-state index in [1.165, 1.54) is 0 Å². The molecule has 8 aromatic rings. The molecule has 0 aliphatic carbocycles. The van der Waals surface area contributed by atoms with Crippen LogP contribution in [0, 0.1) is 0 Å². The number of para-hydroxylation sites is 2. The van der Waals surface area contributed by atoms with E-state index in [4.69, 9.17) is 41.9 Å². The molecule has 0 saturated heterocycles. The lowest BCUT2D eigenvalue weighted by atomic mass is 9.98. The van der Waals surface area contributed by atoms with E-state index in [0.29, 0.717) is 45.7 Å². The predicted molar refractivity (Wildman–Crippen MR) is 227 cm³/mol. The third-order valence-electron chi connectivity index (χ3n) is 8.47. The van der Waals surface area contributed by atoms with Crippen LogP contribution in [0.2, 0.25) is 0 Å². The quantitative estimate of drug-likeness (QED) is 0.102. The van der Waals surface area contributed by atoms with Crippen molar-refractivity contribution in [2.24, 2.45) is 0 Å². The van der Waals surface area contributed by atoms with Crippen LogP contribution in [-0.2, 0) is 0 Å². The van der Waals surface area contributed by atoms with Gasteiger partial charge in [0.2, 0.25) is 0 Å². The second-order valence-corrected chi connectivity index (χ2v) is 12.7. The van der Waals surface area contributed by atoms with Crippen LogP contribution in [0.5, 0.6) is 46.0 Å². The fourth-order valence-corrected chi connectivity index (χ4v) is 5.80. The Morgan fingerprint density at radius 2 is 0.625 bits per heavy atom. The Bertz CT molecular complexity index is 2370. The van der Waals surface area contributed by atoms with Gasteiger partial charge >= 0.3 is 0 Å². The van der Waals surface area contributed by atoms with Gasteiger partial charge in [0.1, 0.15) is 46.0 Å².